The summed E-state index contributed by atoms with van der Waals surface area (Å²) in [7, 11) is -3.81. The second-order valence-electron chi connectivity index (χ2n) is 7.71. The van der Waals surface area contributed by atoms with Crippen molar-refractivity contribution in [2.24, 2.45) is 5.14 Å². The molecule has 2 aromatic carbocycles. The van der Waals surface area contributed by atoms with Crippen molar-refractivity contribution in [3.8, 4) is 0 Å². The zero-order valence-corrected chi connectivity index (χ0v) is 19.6. The Morgan fingerprint density at radius 2 is 1.71 bits per heavy atom. The number of esters is 1. The average molecular weight is 488 g/mol. The second kappa shape index (κ2) is 10.1. The Kier molecular flexibility index (Phi) is 7.48. The number of imide groups is 1. The highest BCUT2D eigenvalue weighted by Crippen LogP contribution is 2.26. The molecule has 0 radical (unpaired) electrons. The van der Waals surface area contributed by atoms with E-state index in [1.807, 2.05) is 0 Å². The van der Waals surface area contributed by atoms with Crippen LogP contribution >= 0.6 is 0 Å². The zero-order valence-electron chi connectivity index (χ0n) is 18.8. The van der Waals surface area contributed by atoms with E-state index in [0.29, 0.717) is 17.7 Å². The van der Waals surface area contributed by atoms with Crippen molar-refractivity contribution in [3.63, 3.8) is 0 Å². The maximum atomic E-state index is 13.1. The number of nitrogens with zero attached hydrogens (tertiary/aromatic N) is 2. The largest absolute Gasteiger partial charge is 0.462 e. The van der Waals surface area contributed by atoms with Crippen LogP contribution < -0.4 is 10.0 Å². The molecule has 180 valence electrons. The molecule has 0 saturated carbocycles. The first-order valence-corrected chi connectivity index (χ1v) is 12.1. The Labute approximate surface area is 197 Å². The van der Waals surface area contributed by atoms with Gasteiger partial charge in [0.05, 0.1) is 29.2 Å². The summed E-state index contributed by atoms with van der Waals surface area (Å²) in [6, 6.07) is 10.8. The van der Waals surface area contributed by atoms with Crippen LogP contribution in [0.25, 0.3) is 0 Å². The fourth-order valence-corrected chi connectivity index (χ4v) is 4.24. The van der Waals surface area contributed by atoms with Crippen LogP contribution in [0.15, 0.2) is 53.4 Å². The van der Waals surface area contributed by atoms with E-state index in [9.17, 15) is 27.6 Å². The molecule has 3 amide bonds. The van der Waals surface area contributed by atoms with E-state index in [1.54, 1.807) is 19.1 Å². The van der Waals surface area contributed by atoms with Crippen molar-refractivity contribution in [2.45, 2.75) is 37.6 Å². The van der Waals surface area contributed by atoms with Gasteiger partial charge in [0.25, 0.3) is 5.91 Å². The molecule has 1 atom stereocenters. The number of primary sulfonamides is 1. The summed E-state index contributed by atoms with van der Waals surface area (Å²) in [5, 5.41) is 5.10. The predicted octanol–water partition coefficient (Wildman–Crippen LogP) is 1.23. The number of carbonyl (C=O) groups is 4. The lowest BCUT2D eigenvalue weighted by Gasteiger charge is -2.26. The quantitative estimate of drug-likeness (QED) is 0.436. The Morgan fingerprint density at radius 3 is 2.24 bits per heavy atom. The summed E-state index contributed by atoms with van der Waals surface area (Å²) < 4.78 is 27.7. The van der Waals surface area contributed by atoms with Gasteiger partial charge in [0.15, 0.2) is 0 Å². The van der Waals surface area contributed by atoms with Gasteiger partial charge >= 0.3 is 5.97 Å². The first kappa shape index (κ1) is 25.1. The Bertz CT molecular complexity index is 1210. The summed E-state index contributed by atoms with van der Waals surface area (Å²) in [6.45, 7) is 3.39. The number of sulfonamides is 1. The maximum Gasteiger partial charge on any atom is 0.338 e. The minimum atomic E-state index is -3.81. The normalized spacial score (nSPS) is 16.0. The van der Waals surface area contributed by atoms with E-state index in [4.69, 9.17) is 9.88 Å². The van der Waals surface area contributed by atoms with Crippen LogP contribution in [-0.2, 0) is 35.6 Å². The van der Waals surface area contributed by atoms with Gasteiger partial charge in [0.1, 0.15) is 6.04 Å². The summed E-state index contributed by atoms with van der Waals surface area (Å²) in [4.78, 5) is 52.2. The lowest BCUT2D eigenvalue weighted by Crippen LogP contribution is -2.45. The first-order chi connectivity index (χ1) is 16.0. The molecule has 1 fully saturated rings. The van der Waals surface area contributed by atoms with E-state index >= 15 is 0 Å². The van der Waals surface area contributed by atoms with Crippen LogP contribution in [0.2, 0.25) is 0 Å². The summed E-state index contributed by atoms with van der Waals surface area (Å²) in [5.41, 5.74) is 1.33. The molecule has 0 spiro atoms. The van der Waals surface area contributed by atoms with Gasteiger partial charge in [0.2, 0.25) is 21.8 Å². The van der Waals surface area contributed by atoms with Crippen molar-refractivity contribution >= 4 is 39.4 Å². The molecule has 2 N–H and O–H groups in total. The lowest BCUT2D eigenvalue weighted by molar-refractivity contribution is -0.136. The highest BCUT2D eigenvalue weighted by Gasteiger charge is 2.43. The van der Waals surface area contributed by atoms with E-state index in [-0.39, 0.29) is 30.4 Å². The molecule has 1 aliphatic rings. The van der Waals surface area contributed by atoms with Gasteiger partial charge in [-0.25, -0.2) is 23.3 Å². The molecular formula is C23H25N3O7S. The highest BCUT2D eigenvalue weighted by molar-refractivity contribution is 7.89. The Hall–Kier alpha value is -3.57. The number of anilines is 1. The number of rotatable bonds is 8. The summed E-state index contributed by atoms with van der Waals surface area (Å²) in [6.07, 6.45) is 0.180. The number of amides is 3. The standard InChI is InChI=1S/C23H25N3O7S/c1-3-33-23(30)17-6-8-18(9-7-17)26-21(28)14-20(22(26)29)25(15(2)27)13-12-16-4-10-19(11-5-16)34(24,31)32/h4-11,20H,3,12-14H2,1-2H3,(H2,24,31,32). The number of ether oxygens (including phenoxy) is 1. The number of nitrogens with two attached hydrogens (primary N) is 1. The van der Waals surface area contributed by atoms with E-state index < -0.39 is 33.8 Å². The van der Waals surface area contributed by atoms with Crippen LogP contribution in [-0.4, -0.2) is 56.2 Å². The van der Waals surface area contributed by atoms with Gasteiger partial charge < -0.3 is 9.64 Å². The third-order valence-corrected chi connectivity index (χ3v) is 6.36. The van der Waals surface area contributed by atoms with Crippen LogP contribution in [0, 0.1) is 0 Å². The first-order valence-electron chi connectivity index (χ1n) is 10.6. The van der Waals surface area contributed by atoms with Gasteiger partial charge in [-0.15, -0.1) is 0 Å². The molecule has 1 aliphatic heterocycles. The number of hydrogen-bond donors (Lipinski definition) is 1. The average Bonchev–Trinajstić information content (AvgIpc) is 3.07. The van der Waals surface area contributed by atoms with Crippen molar-refractivity contribution in [2.75, 3.05) is 18.1 Å². The molecule has 11 heteroatoms. The number of benzene rings is 2. The third-order valence-electron chi connectivity index (χ3n) is 5.43. The third kappa shape index (κ3) is 5.49. The lowest BCUT2D eigenvalue weighted by atomic mass is 10.1. The topological polar surface area (TPSA) is 144 Å². The Balaban J connectivity index is 1.73. The molecule has 1 saturated heterocycles. The van der Waals surface area contributed by atoms with Crippen LogP contribution in [0.1, 0.15) is 36.2 Å². The van der Waals surface area contributed by atoms with E-state index in [2.05, 4.69) is 0 Å². The fourth-order valence-electron chi connectivity index (χ4n) is 3.72. The molecular weight excluding hydrogens is 462 g/mol. The van der Waals surface area contributed by atoms with Gasteiger partial charge in [-0.05, 0) is 55.3 Å². The molecule has 0 bridgehead atoms. The van der Waals surface area contributed by atoms with Crippen LogP contribution in [0.4, 0.5) is 5.69 Å². The van der Waals surface area contributed by atoms with Crippen molar-refractivity contribution in [1.29, 1.82) is 0 Å². The molecule has 10 nitrogen and oxygen atoms in total. The second-order valence-corrected chi connectivity index (χ2v) is 9.27. The van der Waals surface area contributed by atoms with Gasteiger partial charge in [-0.1, -0.05) is 12.1 Å². The summed E-state index contributed by atoms with van der Waals surface area (Å²) in [5.74, 6) is -1.87. The minimum absolute atomic E-state index is 0.0270. The molecule has 1 heterocycles. The fraction of sp³-hybridized carbons (Fsp3) is 0.304. The summed E-state index contributed by atoms with van der Waals surface area (Å²) >= 11 is 0. The molecule has 3 rings (SSSR count). The number of carbonyl (C=O) groups excluding carboxylic acids is 4. The maximum absolute atomic E-state index is 13.1. The molecule has 2 aromatic rings. The SMILES string of the molecule is CCOC(=O)c1ccc(N2C(=O)CC(N(CCc3ccc(S(N)(=O)=O)cc3)C(C)=O)C2=O)cc1. The van der Waals surface area contributed by atoms with Gasteiger partial charge in [0, 0.05) is 13.5 Å². The predicted molar refractivity (Wildman–Crippen MR) is 122 cm³/mol. The minimum Gasteiger partial charge on any atom is -0.462 e. The van der Waals surface area contributed by atoms with Crippen LogP contribution in [0.5, 0.6) is 0 Å². The molecule has 1 unspecified atom stereocenters. The van der Waals surface area contributed by atoms with Crippen molar-refractivity contribution in [3.05, 3.63) is 59.7 Å². The van der Waals surface area contributed by atoms with E-state index in [1.165, 1.54) is 48.2 Å². The molecule has 34 heavy (non-hydrogen) atoms. The van der Waals surface area contributed by atoms with E-state index in [0.717, 1.165) is 10.5 Å². The highest BCUT2D eigenvalue weighted by atomic mass is 32.2. The smallest absolute Gasteiger partial charge is 0.338 e. The Morgan fingerprint density at radius 1 is 1.09 bits per heavy atom. The number of hydrogen-bond acceptors (Lipinski definition) is 7. The van der Waals surface area contributed by atoms with Crippen molar-refractivity contribution < 1.29 is 32.3 Å². The van der Waals surface area contributed by atoms with Gasteiger partial charge in [-0.3, -0.25) is 14.4 Å². The van der Waals surface area contributed by atoms with Crippen molar-refractivity contribution in [1.82, 2.24) is 4.90 Å². The molecule has 0 aromatic heterocycles. The molecule has 0 aliphatic carbocycles. The zero-order chi connectivity index (χ0) is 25.0. The van der Waals surface area contributed by atoms with Gasteiger partial charge in [-0.2, -0.15) is 0 Å². The monoisotopic (exact) mass is 487 g/mol. The van der Waals surface area contributed by atoms with Crippen LogP contribution in [0.3, 0.4) is 0 Å².